The lowest BCUT2D eigenvalue weighted by Crippen LogP contribution is -2.37. The largest absolute Gasteiger partial charge is 0.376 e. The predicted octanol–water partition coefficient (Wildman–Crippen LogP) is 4.94. The first-order valence-electron chi connectivity index (χ1n) is 9.65. The number of hydrogen-bond donors (Lipinski definition) is 1. The summed E-state index contributed by atoms with van der Waals surface area (Å²) in [6, 6.07) is 12.5. The maximum absolute atomic E-state index is 13.4. The number of nitrogens with zero attached hydrogens (tertiary/aromatic N) is 3. The summed E-state index contributed by atoms with van der Waals surface area (Å²) in [5.41, 5.74) is 2.00. The van der Waals surface area contributed by atoms with Gasteiger partial charge in [-0.05, 0) is 43.2 Å². The van der Waals surface area contributed by atoms with Gasteiger partial charge in [0.15, 0.2) is 11.0 Å². The fraction of sp³-hybridized carbons (Fsp3) is 0.286. The molecule has 1 aliphatic rings. The molecule has 1 aliphatic heterocycles. The average molecular weight is 428 g/mol. The van der Waals surface area contributed by atoms with E-state index in [0.29, 0.717) is 34.9 Å². The highest BCUT2D eigenvalue weighted by molar-refractivity contribution is 7.22. The van der Waals surface area contributed by atoms with Gasteiger partial charge in [-0.3, -0.25) is 9.69 Å². The molecule has 3 heterocycles. The van der Waals surface area contributed by atoms with Crippen molar-refractivity contribution in [2.75, 3.05) is 18.1 Å². The summed E-state index contributed by atoms with van der Waals surface area (Å²) in [6.07, 6.45) is -0.910. The number of thiazole rings is 1. The summed E-state index contributed by atoms with van der Waals surface area (Å²) in [5.74, 6) is -0.656. The molecule has 1 unspecified atom stereocenters. The third kappa shape index (κ3) is 3.54. The number of benzene rings is 2. The zero-order valence-electron chi connectivity index (χ0n) is 15.8. The number of anilines is 1. The molecule has 0 spiro atoms. The fourth-order valence-electron chi connectivity index (χ4n) is 3.64. The maximum atomic E-state index is 13.4. The van der Waals surface area contributed by atoms with E-state index < -0.39 is 12.2 Å². The van der Waals surface area contributed by atoms with Crippen LogP contribution in [0.25, 0.3) is 21.3 Å². The quantitative estimate of drug-likeness (QED) is 0.489. The average Bonchev–Trinajstić information content (AvgIpc) is 3.49. The SMILES string of the molecule is O=C(c1ccc2nc(C(F)F)[nH]c2c1)N(CC1CCCO1)c1nc2ccccc2s1. The number of carbonyl (C=O) groups is 1. The van der Waals surface area contributed by atoms with Crippen molar-refractivity contribution >= 4 is 43.6 Å². The second-order valence-electron chi connectivity index (χ2n) is 7.17. The second kappa shape index (κ2) is 7.73. The number of imidazole rings is 1. The first kappa shape index (κ1) is 19.1. The topological polar surface area (TPSA) is 71.1 Å². The Kier molecular flexibility index (Phi) is 4.92. The minimum Gasteiger partial charge on any atom is -0.376 e. The lowest BCUT2D eigenvalue weighted by atomic mass is 10.1. The Morgan fingerprint density at radius 2 is 2.10 bits per heavy atom. The molecule has 1 fully saturated rings. The summed E-state index contributed by atoms with van der Waals surface area (Å²) >= 11 is 1.44. The molecule has 154 valence electrons. The highest BCUT2D eigenvalue weighted by Gasteiger charge is 2.27. The highest BCUT2D eigenvalue weighted by Crippen LogP contribution is 2.31. The van der Waals surface area contributed by atoms with E-state index in [2.05, 4.69) is 15.0 Å². The predicted molar refractivity (Wildman–Crippen MR) is 111 cm³/mol. The zero-order valence-corrected chi connectivity index (χ0v) is 16.7. The number of halogens is 2. The molecular weight excluding hydrogens is 410 g/mol. The molecule has 5 rings (SSSR count). The van der Waals surface area contributed by atoms with Crippen LogP contribution in [0, 0.1) is 0 Å². The number of para-hydroxylation sites is 1. The molecule has 0 radical (unpaired) electrons. The number of H-pyrrole nitrogens is 1. The van der Waals surface area contributed by atoms with Crippen LogP contribution in [-0.2, 0) is 4.74 Å². The number of carbonyl (C=O) groups excluding carboxylic acids is 1. The summed E-state index contributed by atoms with van der Waals surface area (Å²) in [5, 5.41) is 0.592. The first-order chi connectivity index (χ1) is 14.6. The molecule has 30 heavy (non-hydrogen) atoms. The Hall–Kier alpha value is -2.91. The Morgan fingerprint density at radius 3 is 2.87 bits per heavy atom. The maximum Gasteiger partial charge on any atom is 0.295 e. The van der Waals surface area contributed by atoms with Crippen LogP contribution < -0.4 is 4.90 Å². The van der Waals surface area contributed by atoms with Gasteiger partial charge in [0.25, 0.3) is 12.3 Å². The number of ether oxygens (including phenoxy) is 1. The zero-order chi connectivity index (χ0) is 20.7. The number of alkyl halides is 2. The van der Waals surface area contributed by atoms with Gasteiger partial charge in [-0.25, -0.2) is 18.7 Å². The molecule has 0 bridgehead atoms. The molecule has 0 saturated carbocycles. The van der Waals surface area contributed by atoms with Gasteiger partial charge in [-0.15, -0.1) is 0 Å². The molecule has 1 saturated heterocycles. The number of aromatic nitrogens is 3. The molecule has 0 aliphatic carbocycles. The minimum absolute atomic E-state index is 0.0534. The van der Waals surface area contributed by atoms with Crippen LogP contribution in [-0.4, -0.2) is 40.1 Å². The Morgan fingerprint density at radius 1 is 1.23 bits per heavy atom. The van der Waals surface area contributed by atoms with Gasteiger partial charge in [-0.1, -0.05) is 23.5 Å². The van der Waals surface area contributed by atoms with E-state index in [4.69, 9.17) is 4.74 Å². The van der Waals surface area contributed by atoms with E-state index in [0.717, 1.165) is 23.1 Å². The van der Waals surface area contributed by atoms with Crippen LogP contribution in [0.3, 0.4) is 0 Å². The second-order valence-corrected chi connectivity index (χ2v) is 8.18. The van der Waals surface area contributed by atoms with E-state index in [-0.39, 0.29) is 12.0 Å². The molecule has 1 atom stereocenters. The van der Waals surface area contributed by atoms with Crippen molar-refractivity contribution in [2.24, 2.45) is 0 Å². The number of hydrogen-bond acceptors (Lipinski definition) is 5. The van der Waals surface area contributed by atoms with Crippen LogP contribution in [0.1, 0.15) is 35.4 Å². The first-order valence-corrected chi connectivity index (χ1v) is 10.5. The lowest BCUT2D eigenvalue weighted by molar-refractivity contribution is 0.0917. The molecule has 6 nitrogen and oxygen atoms in total. The van der Waals surface area contributed by atoms with Crippen LogP contribution in [0.5, 0.6) is 0 Å². The summed E-state index contributed by atoms with van der Waals surface area (Å²) in [6.45, 7) is 1.07. The van der Waals surface area contributed by atoms with Gasteiger partial charge in [0.05, 0.1) is 33.9 Å². The monoisotopic (exact) mass is 428 g/mol. The van der Waals surface area contributed by atoms with Gasteiger partial charge in [0.1, 0.15) is 0 Å². The van der Waals surface area contributed by atoms with Gasteiger partial charge >= 0.3 is 0 Å². The third-order valence-corrected chi connectivity index (χ3v) is 6.18. The Balaban J connectivity index is 1.52. The van der Waals surface area contributed by atoms with Gasteiger partial charge in [-0.2, -0.15) is 0 Å². The molecule has 1 amide bonds. The van der Waals surface area contributed by atoms with E-state index >= 15 is 0 Å². The van der Waals surface area contributed by atoms with E-state index in [1.54, 1.807) is 23.1 Å². The van der Waals surface area contributed by atoms with Crippen LogP contribution >= 0.6 is 11.3 Å². The third-order valence-electron chi connectivity index (χ3n) is 5.12. The smallest absolute Gasteiger partial charge is 0.295 e. The summed E-state index contributed by atoms with van der Waals surface area (Å²) < 4.78 is 32.6. The van der Waals surface area contributed by atoms with E-state index in [9.17, 15) is 13.6 Å². The van der Waals surface area contributed by atoms with Crippen molar-refractivity contribution in [1.82, 2.24) is 15.0 Å². The van der Waals surface area contributed by atoms with Crippen LogP contribution in [0.2, 0.25) is 0 Å². The Bertz CT molecular complexity index is 1180. The van der Waals surface area contributed by atoms with Crippen molar-refractivity contribution < 1.29 is 18.3 Å². The van der Waals surface area contributed by atoms with Gasteiger partial charge in [0.2, 0.25) is 0 Å². The van der Waals surface area contributed by atoms with Gasteiger partial charge in [0, 0.05) is 12.2 Å². The van der Waals surface area contributed by atoms with Crippen molar-refractivity contribution in [2.45, 2.75) is 25.4 Å². The fourth-order valence-corrected chi connectivity index (χ4v) is 4.61. The van der Waals surface area contributed by atoms with Crippen molar-refractivity contribution in [3.63, 3.8) is 0 Å². The highest BCUT2D eigenvalue weighted by atomic mass is 32.1. The number of rotatable bonds is 5. The van der Waals surface area contributed by atoms with Crippen molar-refractivity contribution in [1.29, 1.82) is 0 Å². The minimum atomic E-state index is -2.70. The number of nitrogens with one attached hydrogen (secondary N) is 1. The standard InChI is InChI=1S/C21H18F2N4O2S/c22-18(23)19-24-14-8-7-12(10-16(14)25-19)20(28)27(11-13-4-3-9-29-13)21-26-15-5-1-2-6-17(15)30-21/h1-2,5-8,10,13,18H,3-4,9,11H2,(H,24,25). The lowest BCUT2D eigenvalue weighted by Gasteiger charge is -2.23. The van der Waals surface area contributed by atoms with Crippen LogP contribution in [0.15, 0.2) is 42.5 Å². The molecular formula is C21H18F2N4O2S. The molecule has 4 aromatic rings. The van der Waals surface area contributed by atoms with Crippen LogP contribution in [0.4, 0.5) is 13.9 Å². The summed E-state index contributed by atoms with van der Waals surface area (Å²) in [4.78, 5) is 26.2. The van der Waals surface area contributed by atoms with E-state index in [1.807, 2.05) is 24.3 Å². The van der Waals surface area contributed by atoms with Gasteiger partial charge < -0.3 is 9.72 Å². The molecule has 1 N–H and O–H groups in total. The molecule has 2 aromatic carbocycles. The summed E-state index contributed by atoms with van der Waals surface area (Å²) in [7, 11) is 0. The number of fused-ring (bicyclic) bond motifs is 2. The van der Waals surface area contributed by atoms with Crippen molar-refractivity contribution in [3.8, 4) is 0 Å². The molecule has 9 heteroatoms. The Labute approximate surface area is 174 Å². The van der Waals surface area contributed by atoms with Crippen molar-refractivity contribution in [3.05, 3.63) is 53.9 Å². The number of amides is 1. The normalized spacial score (nSPS) is 16.7. The van der Waals surface area contributed by atoms with E-state index in [1.165, 1.54) is 11.3 Å². The molecule has 2 aromatic heterocycles. The number of aromatic amines is 1.